The number of amides is 1. The highest BCUT2D eigenvalue weighted by atomic mass is 16.8. The number of aliphatic hydroxyl groups excluding tert-OH is 11. The summed E-state index contributed by atoms with van der Waals surface area (Å²) in [4.78, 5) is 13.5. The maximum atomic E-state index is 13.5. The lowest BCUT2D eigenvalue weighted by Crippen LogP contribution is -2.66. The van der Waals surface area contributed by atoms with E-state index in [1.807, 2.05) is 0 Å². The van der Waals surface area contributed by atoms with Crippen LogP contribution in [0.2, 0.25) is 0 Å². The molecule has 3 heterocycles. The normalized spacial score (nSPS) is 27.4. The summed E-state index contributed by atoms with van der Waals surface area (Å²) < 4.78 is 34.5. The zero-order valence-corrected chi connectivity index (χ0v) is 59.0. The third-order valence-electron chi connectivity index (χ3n) is 19.5. The number of ether oxygens (including phenoxy) is 6. The fraction of sp³-hybridized carbons (Fsp3) is 0.933. The van der Waals surface area contributed by atoms with Crippen LogP contribution in [0.3, 0.4) is 0 Å². The van der Waals surface area contributed by atoms with Gasteiger partial charge in [-0.15, -0.1) is 0 Å². The summed E-state index contributed by atoms with van der Waals surface area (Å²) in [7, 11) is 0. The van der Waals surface area contributed by atoms with Gasteiger partial charge in [0.05, 0.1) is 38.6 Å². The smallest absolute Gasteiger partial charge is 0.220 e. The lowest BCUT2D eigenvalue weighted by molar-refractivity contribution is -0.379. The topological polar surface area (TPSA) is 307 Å². The summed E-state index contributed by atoms with van der Waals surface area (Å²) in [6.45, 7) is 1.82. The fourth-order valence-electron chi connectivity index (χ4n) is 13.3. The van der Waals surface area contributed by atoms with Gasteiger partial charge in [-0.1, -0.05) is 289 Å². The zero-order valence-electron chi connectivity index (χ0n) is 59.0. The second kappa shape index (κ2) is 57.0. The Kier molecular flexibility index (Phi) is 52.4. The van der Waals surface area contributed by atoms with E-state index in [0.717, 1.165) is 57.8 Å². The lowest BCUT2D eigenvalue weighted by Gasteiger charge is -2.48. The van der Waals surface area contributed by atoms with Crippen molar-refractivity contribution in [1.82, 2.24) is 5.32 Å². The van der Waals surface area contributed by atoms with Crippen molar-refractivity contribution in [2.45, 2.75) is 420 Å². The van der Waals surface area contributed by atoms with E-state index in [0.29, 0.717) is 12.8 Å². The average molecular weight is 1340 g/mol. The molecule has 0 aromatic carbocycles. The van der Waals surface area contributed by atoms with Gasteiger partial charge in [-0.25, -0.2) is 0 Å². The molecule has 554 valence electrons. The highest BCUT2D eigenvalue weighted by Crippen LogP contribution is 2.33. The first-order valence-corrected chi connectivity index (χ1v) is 38.6. The summed E-state index contributed by atoms with van der Waals surface area (Å²) in [6, 6.07) is -0.890. The minimum absolute atomic E-state index is 0.243. The first-order valence-electron chi connectivity index (χ1n) is 38.6. The Morgan fingerprint density at radius 2 is 0.702 bits per heavy atom. The van der Waals surface area contributed by atoms with Crippen LogP contribution in [-0.4, -0.2) is 193 Å². The van der Waals surface area contributed by atoms with Gasteiger partial charge < -0.3 is 89.9 Å². The van der Waals surface area contributed by atoms with E-state index in [1.54, 1.807) is 0 Å². The minimum atomic E-state index is -1.97. The Hall–Kier alpha value is -1.73. The maximum Gasteiger partial charge on any atom is 0.220 e. The van der Waals surface area contributed by atoms with Gasteiger partial charge in [-0.3, -0.25) is 4.79 Å². The molecule has 94 heavy (non-hydrogen) atoms. The Labute approximate surface area is 568 Å². The van der Waals surface area contributed by atoms with Crippen LogP contribution in [0.15, 0.2) is 24.3 Å². The van der Waals surface area contributed by atoms with Crippen LogP contribution in [0, 0.1) is 0 Å². The number of carbonyl (C=O) groups excluding carboxylic acids is 1. The van der Waals surface area contributed by atoms with Gasteiger partial charge in [0.1, 0.15) is 73.2 Å². The van der Waals surface area contributed by atoms with Gasteiger partial charge in [0, 0.05) is 6.42 Å². The number of hydrogen-bond donors (Lipinski definition) is 12. The molecule has 1 amide bonds. The first kappa shape index (κ1) is 86.5. The molecular formula is C75H141NO18. The third kappa shape index (κ3) is 37.6. The van der Waals surface area contributed by atoms with E-state index in [1.165, 1.54) is 225 Å². The first-order chi connectivity index (χ1) is 45.8. The van der Waals surface area contributed by atoms with Gasteiger partial charge in [0.15, 0.2) is 18.9 Å². The summed E-state index contributed by atoms with van der Waals surface area (Å²) in [6.07, 6.45) is 39.8. The number of aliphatic hydroxyl groups is 11. The number of unbranched alkanes of at least 4 members (excludes halogenated alkanes) is 41. The van der Waals surface area contributed by atoms with Crippen LogP contribution in [0.1, 0.15) is 316 Å². The van der Waals surface area contributed by atoms with Crippen molar-refractivity contribution >= 4 is 5.91 Å². The molecule has 19 heteroatoms. The molecule has 0 saturated carbocycles. The fourth-order valence-corrected chi connectivity index (χ4v) is 13.3. The van der Waals surface area contributed by atoms with Crippen molar-refractivity contribution in [3.05, 3.63) is 24.3 Å². The average Bonchev–Trinajstić information content (AvgIpc) is 0.787. The zero-order chi connectivity index (χ0) is 68.2. The summed E-state index contributed by atoms with van der Waals surface area (Å²) in [5.74, 6) is -0.243. The monoisotopic (exact) mass is 1340 g/mol. The van der Waals surface area contributed by atoms with Gasteiger partial charge in [0.25, 0.3) is 0 Å². The highest BCUT2D eigenvalue weighted by Gasteiger charge is 2.53. The van der Waals surface area contributed by atoms with Crippen LogP contribution in [0.25, 0.3) is 0 Å². The van der Waals surface area contributed by atoms with E-state index < -0.39 is 124 Å². The second-order valence-corrected chi connectivity index (χ2v) is 27.8. The van der Waals surface area contributed by atoms with Crippen molar-refractivity contribution in [2.24, 2.45) is 0 Å². The van der Waals surface area contributed by atoms with E-state index in [2.05, 4.69) is 43.5 Å². The molecule has 17 atom stereocenters. The van der Waals surface area contributed by atoms with E-state index in [4.69, 9.17) is 28.4 Å². The molecule has 12 N–H and O–H groups in total. The molecule has 0 spiro atoms. The molecule has 3 aliphatic heterocycles. The molecule has 17 unspecified atom stereocenters. The van der Waals surface area contributed by atoms with Crippen LogP contribution in [0.4, 0.5) is 0 Å². The molecule has 0 aliphatic carbocycles. The molecule has 0 radical (unpaired) electrons. The lowest BCUT2D eigenvalue weighted by atomic mass is 9.96. The predicted molar refractivity (Wildman–Crippen MR) is 370 cm³/mol. The number of hydrogen-bond acceptors (Lipinski definition) is 18. The number of rotatable bonds is 61. The van der Waals surface area contributed by atoms with Gasteiger partial charge >= 0.3 is 0 Å². The number of allylic oxidation sites excluding steroid dienone is 4. The van der Waals surface area contributed by atoms with Crippen molar-refractivity contribution < 1.29 is 89.4 Å². The molecular weight excluding hydrogens is 1200 g/mol. The van der Waals surface area contributed by atoms with Gasteiger partial charge in [-0.05, 0) is 44.9 Å². The Balaban J connectivity index is 1.37. The Bertz CT molecular complexity index is 1800. The van der Waals surface area contributed by atoms with Gasteiger partial charge in [0.2, 0.25) is 5.91 Å². The van der Waals surface area contributed by atoms with Crippen molar-refractivity contribution in [3.63, 3.8) is 0 Å². The Morgan fingerprint density at radius 1 is 0.383 bits per heavy atom. The Morgan fingerprint density at radius 3 is 1.11 bits per heavy atom. The van der Waals surface area contributed by atoms with Crippen molar-refractivity contribution in [3.8, 4) is 0 Å². The van der Waals surface area contributed by atoms with Crippen LogP contribution in [0.5, 0.6) is 0 Å². The van der Waals surface area contributed by atoms with Crippen LogP contribution in [-0.2, 0) is 33.2 Å². The molecule has 0 aromatic rings. The minimum Gasteiger partial charge on any atom is -0.394 e. The van der Waals surface area contributed by atoms with E-state index in [-0.39, 0.29) is 18.9 Å². The predicted octanol–water partition coefficient (Wildman–Crippen LogP) is 11.8. The molecule has 3 rings (SSSR count). The SMILES string of the molecule is CCCCC/C=C\C/C=C\CCCCCCCCCCCC(=O)NC(COC1OC(CO)C(OC2OC(CO)C(OC3OC(CO)C(O)C(O)C3O)C(O)C2O)C(O)C1O)C(O)CCCCCCCCCCCCCCCCCCCCCCCCCCCCCCCC. The highest BCUT2D eigenvalue weighted by molar-refractivity contribution is 5.76. The maximum absolute atomic E-state index is 13.5. The van der Waals surface area contributed by atoms with E-state index in [9.17, 15) is 61.0 Å². The van der Waals surface area contributed by atoms with E-state index >= 15 is 0 Å². The van der Waals surface area contributed by atoms with Crippen molar-refractivity contribution in [2.75, 3.05) is 26.4 Å². The quantitative estimate of drug-likeness (QED) is 0.0199. The van der Waals surface area contributed by atoms with Crippen LogP contribution >= 0.6 is 0 Å². The number of carbonyl (C=O) groups is 1. The standard InChI is InChI=1S/C75H141NO18/c1-3-5-7-9-11-13-15-17-19-21-23-24-25-26-27-28-29-30-31-32-33-35-36-38-40-42-44-46-48-50-52-59(80)58(76-63(81)53-51-49-47-45-43-41-39-37-34-22-20-18-16-14-12-10-8-6-4-2)57-89-73-69(87)66(84)71(61(55-78)91-73)94-75-70(88)67(85)72(62(56-79)92-75)93-74-68(86)65(83)64(82)60(54-77)90-74/h12,14,18,20,58-62,64-75,77-80,82-88H,3-11,13,15-17,19,21-57H2,1-2H3,(H,76,81)/b14-12-,20-18-. The van der Waals surface area contributed by atoms with Crippen molar-refractivity contribution in [1.29, 1.82) is 0 Å². The molecule has 19 nitrogen and oxygen atoms in total. The molecule has 0 aromatic heterocycles. The summed E-state index contributed by atoms with van der Waals surface area (Å²) in [5, 5.41) is 121. The molecule has 3 aliphatic rings. The molecule has 3 saturated heterocycles. The molecule has 0 bridgehead atoms. The third-order valence-corrected chi connectivity index (χ3v) is 19.5. The van der Waals surface area contributed by atoms with Crippen LogP contribution < -0.4 is 5.32 Å². The second-order valence-electron chi connectivity index (χ2n) is 27.8. The summed E-state index contributed by atoms with van der Waals surface area (Å²) >= 11 is 0. The largest absolute Gasteiger partial charge is 0.394 e. The molecule has 3 fully saturated rings. The summed E-state index contributed by atoms with van der Waals surface area (Å²) in [5.41, 5.74) is 0. The van der Waals surface area contributed by atoms with Gasteiger partial charge in [-0.2, -0.15) is 0 Å². The number of nitrogens with one attached hydrogen (secondary N) is 1.